The second-order valence-corrected chi connectivity index (χ2v) is 5.31. The topological polar surface area (TPSA) is 67.5 Å². The lowest BCUT2D eigenvalue weighted by Gasteiger charge is -2.09. The van der Waals surface area contributed by atoms with Crippen LogP contribution in [0.5, 0.6) is 0 Å². The Morgan fingerprint density at radius 2 is 2.10 bits per heavy atom. The van der Waals surface area contributed by atoms with Gasteiger partial charge in [0.1, 0.15) is 0 Å². The van der Waals surface area contributed by atoms with Gasteiger partial charge in [0.15, 0.2) is 11.3 Å². The molecule has 3 aromatic rings. The number of hydrogen-bond donors (Lipinski definition) is 1. The van der Waals surface area contributed by atoms with Gasteiger partial charge in [0.2, 0.25) is 0 Å². The highest BCUT2D eigenvalue weighted by Gasteiger charge is 2.14. The molecule has 1 N–H and O–H groups in total. The van der Waals surface area contributed by atoms with E-state index in [0.29, 0.717) is 11.3 Å². The third-order valence-corrected chi connectivity index (χ3v) is 3.55. The molecule has 0 saturated carbocycles. The Bertz CT molecular complexity index is 826. The molecule has 100 valence electrons. The summed E-state index contributed by atoms with van der Waals surface area (Å²) in [5, 5.41) is 13.4. The fourth-order valence-corrected chi connectivity index (χ4v) is 2.45. The van der Waals surface area contributed by atoms with Crippen LogP contribution in [-0.4, -0.2) is 25.7 Å². The maximum atomic E-state index is 11.2. The van der Waals surface area contributed by atoms with E-state index in [2.05, 4.69) is 26.0 Å². The summed E-state index contributed by atoms with van der Waals surface area (Å²) in [6, 6.07) is 9.08. The normalized spacial score (nSPS) is 10.9. The maximum absolute atomic E-state index is 11.2. The number of aromatic nitrogens is 3. The zero-order chi connectivity index (χ0) is 14.3. The molecule has 0 amide bonds. The Morgan fingerprint density at radius 3 is 2.85 bits per heavy atom. The molecule has 20 heavy (non-hydrogen) atoms. The molecule has 0 fully saturated rings. The summed E-state index contributed by atoms with van der Waals surface area (Å²) in [6.45, 7) is 1.97. The molecule has 0 aliphatic rings. The van der Waals surface area contributed by atoms with Gasteiger partial charge in [-0.3, -0.25) is 0 Å². The highest BCUT2D eigenvalue weighted by Crippen LogP contribution is 2.27. The van der Waals surface area contributed by atoms with E-state index in [1.54, 1.807) is 16.8 Å². The van der Waals surface area contributed by atoms with Crippen molar-refractivity contribution in [2.24, 2.45) is 0 Å². The van der Waals surface area contributed by atoms with E-state index < -0.39 is 5.97 Å². The Labute approximate surface area is 123 Å². The first-order chi connectivity index (χ1) is 9.56. The van der Waals surface area contributed by atoms with E-state index >= 15 is 0 Å². The minimum atomic E-state index is -1.05. The summed E-state index contributed by atoms with van der Waals surface area (Å²) in [5.74, 6) is -1.05. The molecule has 0 radical (unpaired) electrons. The molecule has 1 aromatic carbocycles. The summed E-state index contributed by atoms with van der Waals surface area (Å²) >= 11 is 3.43. The number of carboxylic acid groups (broad SMARTS) is 1. The summed E-state index contributed by atoms with van der Waals surface area (Å²) in [5.41, 5.74) is 3.17. The number of fused-ring (bicyclic) bond motifs is 1. The van der Waals surface area contributed by atoms with Crippen molar-refractivity contribution in [1.82, 2.24) is 14.6 Å². The summed E-state index contributed by atoms with van der Waals surface area (Å²) in [7, 11) is 0. The van der Waals surface area contributed by atoms with E-state index in [-0.39, 0.29) is 5.69 Å². The predicted octanol–water partition coefficient (Wildman–Crippen LogP) is 3.17. The van der Waals surface area contributed by atoms with Gasteiger partial charge in [-0.05, 0) is 30.7 Å². The van der Waals surface area contributed by atoms with Gasteiger partial charge in [-0.2, -0.15) is 5.10 Å². The number of carboxylic acids is 1. The van der Waals surface area contributed by atoms with E-state index in [4.69, 9.17) is 0 Å². The van der Waals surface area contributed by atoms with Crippen LogP contribution < -0.4 is 0 Å². The molecule has 2 aromatic heterocycles. The molecule has 0 aliphatic heterocycles. The fourth-order valence-electron chi connectivity index (χ4n) is 2.08. The van der Waals surface area contributed by atoms with Gasteiger partial charge in [0.25, 0.3) is 0 Å². The first kappa shape index (κ1) is 12.8. The van der Waals surface area contributed by atoms with E-state index in [0.717, 1.165) is 15.6 Å². The SMILES string of the molecule is Cc1ccc(Br)cc1-c1cc(C(=O)O)nc2ccnn12. The van der Waals surface area contributed by atoms with Crippen molar-refractivity contribution < 1.29 is 9.90 Å². The molecule has 0 aliphatic carbocycles. The number of nitrogens with zero attached hydrogens (tertiary/aromatic N) is 3. The van der Waals surface area contributed by atoms with Gasteiger partial charge >= 0.3 is 5.97 Å². The van der Waals surface area contributed by atoms with Gasteiger partial charge in [-0.1, -0.05) is 22.0 Å². The monoisotopic (exact) mass is 331 g/mol. The second-order valence-electron chi connectivity index (χ2n) is 4.39. The highest BCUT2D eigenvalue weighted by atomic mass is 79.9. The first-order valence-electron chi connectivity index (χ1n) is 5.91. The van der Waals surface area contributed by atoms with Crippen molar-refractivity contribution in [3.05, 3.63) is 52.3 Å². The number of aromatic carboxylic acids is 1. The van der Waals surface area contributed by atoms with Gasteiger partial charge < -0.3 is 5.11 Å². The minimum Gasteiger partial charge on any atom is -0.477 e. The third kappa shape index (κ3) is 2.08. The number of hydrogen-bond acceptors (Lipinski definition) is 3. The van der Waals surface area contributed by atoms with Crippen LogP contribution in [0.3, 0.4) is 0 Å². The smallest absolute Gasteiger partial charge is 0.354 e. The number of halogens is 1. The molecule has 0 atom stereocenters. The number of benzene rings is 1. The number of carbonyl (C=O) groups is 1. The van der Waals surface area contributed by atoms with E-state index in [1.165, 1.54) is 6.07 Å². The minimum absolute atomic E-state index is 0.00683. The van der Waals surface area contributed by atoms with Crippen LogP contribution >= 0.6 is 15.9 Å². The van der Waals surface area contributed by atoms with Crippen molar-refractivity contribution in [3.63, 3.8) is 0 Å². The average Bonchev–Trinajstić information content (AvgIpc) is 2.88. The van der Waals surface area contributed by atoms with Crippen LogP contribution in [0.25, 0.3) is 16.9 Å². The average molecular weight is 332 g/mol. The molecular weight excluding hydrogens is 322 g/mol. The Hall–Kier alpha value is -2.21. The Balaban J connectivity index is 2.36. The molecule has 0 unspecified atom stereocenters. The van der Waals surface area contributed by atoms with Crippen molar-refractivity contribution in [2.45, 2.75) is 6.92 Å². The van der Waals surface area contributed by atoms with Crippen molar-refractivity contribution in [3.8, 4) is 11.3 Å². The van der Waals surface area contributed by atoms with Gasteiger partial charge in [-0.15, -0.1) is 0 Å². The van der Waals surface area contributed by atoms with Gasteiger partial charge in [0, 0.05) is 16.1 Å². The van der Waals surface area contributed by atoms with E-state index in [1.807, 2.05) is 25.1 Å². The predicted molar refractivity (Wildman–Crippen MR) is 77.8 cm³/mol. The van der Waals surface area contributed by atoms with Crippen LogP contribution in [-0.2, 0) is 0 Å². The molecule has 0 spiro atoms. The van der Waals surface area contributed by atoms with Crippen LogP contribution in [0.4, 0.5) is 0 Å². The van der Waals surface area contributed by atoms with Crippen molar-refractivity contribution in [1.29, 1.82) is 0 Å². The van der Waals surface area contributed by atoms with Crippen molar-refractivity contribution >= 4 is 27.5 Å². The molecule has 2 heterocycles. The zero-order valence-electron chi connectivity index (χ0n) is 10.5. The third-order valence-electron chi connectivity index (χ3n) is 3.05. The summed E-state index contributed by atoms with van der Waals surface area (Å²) in [6.07, 6.45) is 1.60. The second kappa shape index (κ2) is 4.72. The highest BCUT2D eigenvalue weighted by molar-refractivity contribution is 9.10. The van der Waals surface area contributed by atoms with Crippen molar-refractivity contribution in [2.75, 3.05) is 0 Å². The molecule has 6 heteroatoms. The van der Waals surface area contributed by atoms with E-state index in [9.17, 15) is 9.90 Å². The van der Waals surface area contributed by atoms with Crippen LogP contribution in [0, 0.1) is 6.92 Å². The standard InChI is InChI=1S/C14H10BrN3O2/c1-8-2-3-9(15)6-10(8)12-7-11(14(19)20)17-13-4-5-16-18(12)13/h2-7H,1H3,(H,19,20). The zero-order valence-corrected chi connectivity index (χ0v) is 12.1. The largest absolute Gasteiger partial charge is 0.477 e. The maximum Gasteiger partial charge on any atom is 0.354 e. The first-order valence-corrected chi connectivity index (χ1v) is 6.70. The molecule has 0 bridgehead atoms. The lowest BCUT2D eigenvalue weighted by atomic mass is 10.1. The summed E-state index contributed by atoms with van der Waals surface area (Å²) in [4.78, 5) is 15.3. The Morgan fingerprint density at radius 1 is 1.30 bits per heavy atom. The van der Waals surface area contributed by atoms with Gasteiger partial charge in [0.05, 0.1) is 11.9 Å². The van der Waals surface area contributed by atoms with Crippen LogP contribution in [0.2, 0.25) is 0 Å². The molecular formula is C14H10BrN3O2. The number of rotatable bonds is 2. The lowest BCUT2D eigenvalue weighted by Crippen LogP contribution is -2.05. The number of aryl methyl sites for hydroxylation is 1. The lowest BCUT2D eigenvalue weighted by molar-refractivity contribution is 0.0690. The van der Waals surface area contributed by atoms with Gasteiger partial charge in [-0.25, -0.2) is 14.3 Å². The van der Waals surface area contributed by atoms with Crippen LogP contribution in [0.1, 0.15) is 16.1 Å². The quantitative estimate of drug-likeness (QED) is 0.783. The molecule has 5 nitrogen and oxygen atoms in total. The fraction of sp³-hybridized carbons (Fsp3) is 0.0714. The molecule has 0 saturated heterocycles. The molecule has 3 rings (SSSR count). The van der Waals surface area contributed by atoms with Crippen LogP contribution in [0.15, 0.2) is 41.0 Å². The summed E-state index contributed by atoms with van der Waals surface area (Å²) < 4.78 is 2.56. The Kier molecular flexibility index (Phi) is 3.02.